The largest absolute Gasteiger partial charge is 0.477 e. The van der Waals surface area contributed by atoms with Crippen LogP contribution in [0.25, 0.3) is 0 Å². The molecule has 2 rings (SSSR count). The van der Waals surface area contributed by atoms with E-state index < -0.39 is 5.97 Å². The first-order valence-electron chi connectivity index (χ1n) is 5.23. The molecular formula is C12H11N3O3. The smallest absolute Gasteiger partial charge is 0.353 e. The molecule has 0 saturated heterocycles. The number of hydrogen-bond donors (Lipinski definition) is 3. The van der Waals surface area contributed by atoms with Crippen molar-refractivity contribution in [2.75, 3.05) is 5.32 Å². The molecule has 3 N–H and O–H groups in total. The Bertz CT molecular complexity index is 604. The number of hydrogen-bond acceptors (Lipinski definition) is 3. The van der Waals surface area contributed by atoms with Gasteiger partial charge in [0.15, 0.2) is 5.82 Å². The Hall–Kier alpha value is -2.63. The first-order valence-corrected chi connectivity index (χ1v) is 5.23. The van der Waals surface area contributed by atoms with Crippen molar-refractivity contribution in [3.63, 3.8) is 0 Å². The SMILES string of the molecule is Cc1cccc(C(=O)Nc2cc(C(=O)O)[nH]n2)c1. The van der Waals surface area contributed by atoms with Crippen LogP contribution in [0.3, 0.4) is 0 Å². The van der Waals surface area contributed by atoms with Gasteiger partial charge in [-0.15, -0.1) is 0 Å². The number of nitrogens with one attached hydrogen (secondary N) is 2. The maximum atomic E-state index is 11.8. The summed E-state index contributed by atoms with van der Waals surface area (Å²) in [5.74, 6) is -1.28. The van der Waals surface area contributed by atoms with Gasteiger partial charge in [0, 0.05) is 11.6 Å². The van der Waals surface area contributed by atoms with Crippen molar-refractivity contribution in [1.82, 2.24) is 10.2 Å². The molecule has 1 amide bonds. The number of carboxylic acid groups (broad SMARTS) is 1. The Morgan fingerprint density at radius 2 is 2.11 bits per heavy atom. The molecule has 18 heavy (non-hydrogen) atoms. The Morgan fingerprint density at radius 3 is 2.72 bits per heavy atom. The molecule has 0 radical (unpaired) electrons. The zero-order valence-corrected chi connectivity index (χ0v) is 9.60. The minimum absolute atomic E-state index is 0.0745. The lowest BCUT2D eigenvalue weighted by Crippen LogP contribution is -2.12. The van der Waals surface area contributed by atoms with Gasteiger partial charge in [0.05, 0.1) is 0 Å². The highest BCUT2D eigenvalue weighted by Crippen LogP contribution is 2.09. The fraction of sp³-hybridized carbons (Fsp3) is 0.0833. The van der Waals surface area contributed by atoms with Crippen LogP contribution in [-0.2, 0) is 0 Å². The summed E-state index contributed by atoms with van der Waals surface area (Å²) in [4.78, 5) is 22.5. The predicted octanol–water partition coefficient (Wildman–Crippen LogP) is 1.67. The van der Waals surface area contributed by atoms with Gasteiger partial charge in [-0.3, -0.25) is 9.89 Å². The predicted molar refractivity (Wildman–Crippen MR) is 64.7 cm³/mol. The van der Waals surface area contributed by atoms with Crippen molar-refractivity contribution in [3.8, 4) is 0 Å². The molecule has 1 aromatic heterocycles. The minimum atomic E-state index is -1.13. The molecule has 1 heterocycles. The molecule has 0 atom stereocenters. The Kier molecular flexibility index (Phi) is 3.09. The minimum Gasteiger partial charge on any atom is -0.477 e. The Morgan fingerprint density at radius 1 is 1.33 bits per heavy atom. The summed E-state index contributed by atoms with van der Waals surface area (Å²) in [5.41, 5.74) is 1.39. The van der Waals surface area contributed by atoms with Crippen molar-refractivity contribution in [3.05, 3.63) is 47.2 Å². The number of amides is 1. The van der Waals surface area contributed by atoms with E-state index in [0.29, 0.717) is 5.56 Å². The van der Waals surface area contributed by atoms with Crippen LogP contribution in [-0.4, -0.2) is 27.2 Å². The van der Waals surface area contributed by atoms with Crippen molar-refractivity contribution < 1.29 is 14.7 Å². The van der Waals surface area contributed by atoms with Crippen molar-refractivity contribution in [2.45, 2.75) is 6.92 Å². The number of aromatic nitrogens is 2. The zero-order chi connectivity index (χ0) is 13.1. The van der Waals surface area contributed by atoms with Crippen molar-refractivity contribution in [2.24, 2.45) is 0 Å². The van der Waals surface area contributed by atoms with E-state index in [0.717, 1.165) is 5.56 Å². The lowest BCUT2D eigenvalue weighted by Gasteiger charge is -2.02. The third-order valence-electron chi connectivity index (χ3n) is 2.33. The van der Waals surface area contributed by atoms with Crippen LogP contribution in [0.1, 0.15) is 26.4 Å². The second-order valence-corrected chi connectivity index (χ2v) is 3.80. The summed E-state index contributed by atoms with van der Waals surface area (Å²) in [6.45, 7) is 1.88. The molecule has 92 valence electrons. The van der Waals surface area contributed by atoms with E-state index in [4.69, 9.17) is 5.11 Å². The summed E-state index contributed by atoms with van der Waals surface area (Å²) >= 11 is 0. The average molecular weight is 245 g/mol. The quantitative estimate of drug-likeness (QED) is 0.766. The number of aryl methyl sites for hydroxylation is 1. The van der Waals surface area contributed by atoms with Gasteiger partial charge in [-0.25, -0.2) is 4.79 Å². The van der Waals surface area contributed by atoms with Gasteiger partial charge < -0.3 is 10.4 Å². The summed E-state index contributed by atoms with van der Waals surface area (Å²) in [5, 5.41) is 17.2. The summed E-state index contributed by atoms with van der Waals surface area (Å²) in [6.07, 6.45) is 0. The molecule has 1 aromatic carbocycles. The molecule has 0 aliphatic rings. The summed E-state index contributed by atoms with van der Waals surface area (Å²) in [7, 11) is 0. The fourth-order valence-corrected chi connectivity index (χ4v) is 1.47. The normalized spacial score (nSPS) is 10.1. The molecule has 0 unspecified atom stereocenters. The van der Waals surface area contributed by atoms with Gasteiger partial charge in [0.1, 0.15) is 5.69 Å². The number of benzene rings is 1. The highest BCUT2D eigenvalue weighted by molar-refractivity contribution is 6.04. The van der Waals surface area contributed by atoms with Gasteiger partial charge in [0.2, 0.25) is 0 Å². The maximum Gasteiger partial charge on any atom is 0.353 e. The van der Waals surface area contributed by atoms with Gasteiger partial charge in [-0.2, -0.15) is 5.10 Å². The molecule has 6 nitrogen and oxygen atoms in total. The fourth-order valence-electron chi connectivity index (χ4n) is 1.47. The van der Waals surface area contributed by atoms with Gasteiger partial charge in [0.25, 0.3) is 5.91 Å². The third-order valence-corrected chi connectivity index (χ3v) is 2.33. The molecular weight excluding hydrogens is 234 g/mol. The van der Waals surface area contributed by atoms with Gasteiger partial charge in [-0.1, -0.05) is 17.7 Å². The molecule has 0 spiro atoms. The van der Waals surface area contributed by atoms with E-state index >= 15 is 0 Å². The van der Waals surface area contributed by atoms with Crippen LogP contribution < -0.4 is 5.32 Å². The number of rotatable bonds is 3. The Balaban J connectivity index is 2.13. The van der Waals surface area contributed by atoms with E-state index in [1.165, 1.54) is 6.07 Å². The van der Waals surface area contributed by atoms with Crippen molar-refractivity contribution >= 4 is 17.7 Å². The van der Waals surface area contributed by atoms with Crippen LogP contribution in [0.2, 0.25) is 0 Å². The van der Waals surface area contributed by atoms with Crippen LogP contribution in [0.15, 0.2) is 30.3 Å². The van der Waals surface area contributed by atoms with E-state index in [9.17, 15) is 9.59 Å². The van der Waals surface area contributed by atoms with Crippen LogP contribution in [0, 0.1) is 6.92 Å². The maximum absolute atomic E-state index is 11.8. The monoisotopic (exact) mass is 245 g/mol. The van der Waals surface area contributed by atoms with E-state index in [-0.39, 0.29) is 17.4 Å². The molecule has 0 saturated carbocycles. The molecule has 0 fully saturated rings. The third kappa shape index (κ3) is 2.54. The Labute approximate surface area is 103 Å². The lowest BCUT2D eigenvalue weighted by molar-refractivity contribution is 0.0690. The number of aromatic carboxylic acids is 1. The number of carbonyl (C=O) groups excluding carboxylic acids is 1. The average Bonchev–Trinajstić information content (AvgIpc) is 2.77. The number of aromatic amines is 1. The second-order valence-electron chi connectivity index (χ2n) is 3.80. The van der Waals surface area contributed by atoms with E-state index in [2.05, 4.69) is 15.5 Å². The highest BCUT2D eigenvalue weighted by atomic mass is 16.4. The van der Waals surface area contributed by atoms with Crippen LogP contribution in [0.5, 0.6) is 0 Å². The van der Waals surface area contributed by atoms with Crippen LogP contribution in [0.4, 0.5) is 5.82 Å². The molecule has 0 bridgehead atoms. The van der Waals surface area contributed by atoms with Crippen molar-refractivity contribution in [1.29, 1.82) is 0 Å². The number of nitrogens with zero attached hydrogens (tertiary/aromatic N) is 1. The second kappa shape index (κ2) is 4.70. The van der Waals surface area contributed by atoms with Gasteiger partial charge in [-0.05, 0) is 19.1 Å². The van der Waals surface area contributed by atoms with E-state index in [1.54, 1.807) is 18.2 Å². The van der Waals surface area contributed by atoms with E-state index in [1.807, 2.05) is 13.0 Å². The first kappa shape index (κ1) is 11.8. The first-order chi connectivity index (χ1) is 8.56. The number of H-pyrrole nitrogens is 1. The molecule has 0 aliphatic carbocycles. The number of anilines is 1. The zero-order valence-electron chi connectivity index (χ0n) is 9.60. The molecule has 2 aromatic rings. The molecule has 6 heteroatoms. The van der Waals surface area contributed by atoms with Gasteiger partial charge >= 0.3 is 5.97 Å². The highest BCUT2D eigenvalue weighted by Gasteiger charge is 2.11. The number of carboxylic acids is 1. The summed E-state index contributed by atoms with van der Waals surface area (Å²) < 4.78 is 0. The summed E-state index contributed by atoms with van der Waals surface area (Å²) in [6, 6.07) is 8.33. The number of carbonyl (C=O) groups is 2. The standard InChI is InChI=1S/C12H11N3O3/c1-7-3-2-4-8(5-7)11(16)13-10-6-9(12(17)18)14-15-10/h2-6H,1H3,(H,17,18)(H2,13,14,15,16). The van der Waals surface area contributed by atoms with Crippen LogP contribution >= 0.6 is 0 Å². The molecule has 0 aliphatic heterocycles. The topological polar surface area (TPSA) is 95.1 Å². The lowest BCUT2D eigenvalue weighted by atomic mass is 10.1.